The summed E-state index contributed by atoms with van der Waals surface area (Å²) in [5.41, 5.74) is 2.42. The second-order valence-corrected chi connectivity index (χ2v) is 7.85. The van der Waals surface area contributed by atoms with E-state index in [4.69, 9.17) is 4.74 Å². The molecule has 2 aliphatic heterocycles. The topological polar surface area (TPSA) is 43.3 Å². The van der Waals surface area contributed by atoms with Crippen molar-refractivity contribution in [3.05, 3.63) is 35.4 Å². The fraction of sp³-hybridized carbons (Fsp3) is 0.667. The SMILES string of the molecule is CN=C(NCc1ccc(CN2CCOCC2)cc1)N1CCN(C(C)C(F)(F)F)CC1. The van der Waals surface area contributed by atoms with Gasteiger partial charge in [-0.25, -0.2) is 0 Å². The molecule has 168 valence electrons. The molecule has 2 aliphatic rings. The van der Waals surface area contributed by atoms with Crippen molar-refractivity contribution in [2.24, 2.45) is 4.99 Å². The first kappa shape index (κ1) is 22.8. The molecule has 0 aromatic heterocycles. The number of aliphatic imine (C=N–C) groups is 1. The summed E-state index contributed by atoms with van der Waals surface area (Å²) < 4.78 is 44.2. The first-order valence-corrected chi connectivity index (χ1v) is 10.5. The van der Waals surface area contributed by atoms with Crippen LogP contribution in [-0.2, 0) is 17.8 Å². The molecule has 0 bridgehead atoms. The summed E-state index contributed by atoms with van der Waals surface area (Å²) in [7, 11) is 1.71. The van der Waals surface area contributed by atoms with E-state index in [1.54, 1.807) is 7.05 Å². The van der Waals surface area contributed by atoms with Gasteiger partial charge in [-0.3, -0.25) is 14.8 Å². The molecule has 1 unspecified atom stereocenters. The Hall–Kier alpha value is -1.84. The summed E-state index contributed by atoms with van der Waals surface area (Å²) >= 11 is 0. The van der Waals surface area contributed by atoms with Crippen LogP contribution in [0.1, 0.15) is 18.1 Å². The Bertz CT molecular complexity index is 681. The average Bonchev–Trinajstić information content (AvgIpc) is 2.75. The molecule has 2 heterocycles. The van der Waals surface area contributed by atoms with Crippen LogP contribution in [0.2, 0.25) is 0 Å². The number of nitrogens with one attached hydrogen (secondary N) is 1. The molecule has 2 fully saturated rings. The second kappa shape index (κ2) is 10.5. The first-order chi connectivity index (χ1) is 14.4. The normalized spacial score (nSPS) is 21.0. The molecule has 2 saturated heterocycles. The zero-order chi connectivity index (χ0) is 21.6. The number of piperazine rings is 1. The highest BCUT2D eigenvalue weighted by Gasteiger charge is 2.41. The molecule has 0 spiro atoms. The molecule has 1 atom stereocenters. The number of guanidine groups is 1. The minimum absolute atomic E-state index is 0.373. The molecular formula is C21H32F3N5O. The van der Waals surface area contributed by atoms with Crippen molar-refractivity contribution in [3.8, 4) is 0 Å². The standard InChI is InChI=1S/C21H32F3N5O/c1-17(21(22,23)24)28-7-9-29(10-8-28)20(25-2)26-15-18-3-5-19(6-4-18)16-27-11-13-30-14-12-27/h3-6,17H,7-16H2,1-2H3,(H,25,26). The van der Waals surface area contributed by atoms with Gasteiger partial charge < -0.3 is 15.0 Å². The number of benzene rings is 1. The van der Waals surface area contributed by atoms with Gasteiger partial charge >= 0.3 is 6.18 Å². The van der Waals surface area contributed by atoms with Crippen molar-refractivity contribution in [2.45, 2.75) is 32.2 Å². The molecule has 1 aromatic carbocycles. The average molecular weight is 428 g/mol. The highest BCUT2D eigenvalue weighted by atomic mass is 19.4. The molecule has 30 heavy (non-hydrogen) atoms. The van der Waals surface area contributed by atoms with E-state index in [9.17, 15) is 13.2 Å². The molecule has 9 heteroatoms. The van der Waals surface area contributed by atoms with Gasteiger partial charge in [-0.2, -0.15) is 13.2 Å². The Morgan fingerprint density at radius 3 is 2.20 bits per heavy atom. The fourth-order valence-corrected chi connectivity index (χ4v) is 3.82. The van der Waals surface area contributed by atoms with Crippen molar-refractivity contribution in [2.75, 3.05) is 59.5 Å². The van der Waals surface area contributed by atoms with Crippen LogP contribution in [0.25, 0.3) is 0 Å². The molecule has 0 saturated carbocycles. The van der Waals surface area contributed by atoms with Crippen LogP contribution >= 0.6 is 0 Å². The third-order valence-corrected chi connectivity index (χ3v) is 5.83. The van der Waals surface area contributed by atoms with Crippen LogP contribution in [0.15, 0.2) is 29.3 Å². The Morgan fingerprint density at radius 1 is 1.03 bits per heavy atom. The Balaban J connectivity index is 1.45. The van der Waals surface area contributed by atoms with Gasteiger partial charge in [0.2, 0.25) is 0 Å². The first-order valence-electron chi connectivity index (χ1n) is 10.5. The lowest BCUT2D eigenvalue weighted by molar-refractivity contribution is -0.181. The van der Waals surface area contributed by atoms with Crippen LogP contribution in [0.3, 0.4) is 0 Å². The van der Waals surface area contributed by atoms with Gasteiger partial charge in [0.25, 0.3) is 0 Å². The Labute approximate surface area is 176 Å². The van der Waals surface area contributed by atoms with Crippen LogP contribution < -0.4 is 5.32 Å². The molecule has 6 nitrogen and oxygen atoms in total. The summed E-state index contributed by atoms with van der Waals surface area (Å²) in [6.07, 6.45) is -4.18. The van der Waals surface area contributed by atoms with E-state index in [0.717, 1.165) is 44.4 Å². The van der Waals surface area contributed by atoms with Crippen molar-refractivity contribution in [3.63, 3.8) is 0 Å². The minimum Gasteiger partial charge on any atom is -0.379 e. The quantitative estimate of drug-likeness (QED) is 0.576. The number of halogens is 3. The fourth-order valence-electron chi connectivity index (χ4n) is 3.82. The molecule has 1 aromatic rings. The minimum atomic E-state index is -4.18. The third-order valence-electron chi connectivity index (χ3n) is 5.83. The van der Waals surface area contributed by atoms with Gasteiger partial charge in [-0.1, -0.05) is 24.3 Å². The van der Waals surface area contributed by atoms with Gasteiger partial charge in [0.15, 0.2) is 5.96 Å². The maximum atomic E-state index is 12.9. The van der Waals surface area contributed by atoms with Crippen LogP contribution in [0, 0.1) is 0 Å². The molecule has 3 rings (SSSR count). The summed E-state index contributed by atoms with van der Waals surface area (Å²) in [5.74, 6) is 0.728. The molecular weight excluding hydrogens is 395 g/mol. The van der Waals surface area contributed by atoms with E-state index in [1.807, 2.05) is 4.90 Å². The molecule has 0 radical (unpaired) electrons. The Kier molecular flexibility index (Phi) is 7.96. The maximum absolute atomic E-state index is 12.9. The number of nitrogens with zero attached hydrogens (tertiary/aromatic N) is 4. The predicted octanol–water partition coefficient (Wildman–Crippen LogP) is 2.16. The molecule has 1 N–H and O–H groups in total. The van der Waals surface area contributed by atoms with E-state index in [0.29, 0.717) is 32.7 Å². The number of alkyl halides is 3. The van der Waals surface area contributed by atoms with Gasteiger partial charge in [0, 0.05) is 59.4 Å². The lowest BCUT2D eigenvalue weighted by Gasteiger charge is -2.39. The van der Waals surface area contributed by atoms with E-state index in [-0.39, 0.29) is 0 Å². The van der Waals surface area contributed by atoms with Crippen molar-refractivity contribution >= 4 is 5.96 Å². The third kappa shape index (κ3) is 6.33. The smallest absolute Gasteiger partial charge is 0.379 e. The van der Waals surface area contributed by atoms with Crippen LogP contribution in [0.5, 0.6) is 0 Å². The number of hydrogen-bond acceptors (Lipinski definition) is 4. The van der Waals surface area contributed by atoms with E-state index >= 15 is 0 Å². The van der Waals surface area contributed by atoms with Crippen molar-refractivity contribution in [1.29, 1.82) is 0 Å². The van der Waals surface area contributed by atoms with Gasteiger partial charge in [0.05, 0.1) is 13.2 Å². The monoisotopic (exact) mass is 427 g/mol. The van der Waals surface area contributed by atoms with Crippen LogP contribution in [-0.4, -0.2) is 92.4 Å². The maximum Gasteiger partial charge on any atom is 0.403 e. The van der Waals surface area contributed by atoms with Crippen LogP contribution in [0.4, 0.5) is 13.2 Å². The van der Waals surface area contributed by atoms with Gasteiger partial charge in [0.1, 0.15) is 6.04 Å². The van der Waals surface area contributed by atoms with Crippen molar-refractivity contribution < 1.29 is 17.9 Å². The number of rotatable bonds is 5. The molecule has 0 aliphatic carbocycles. The lowest BCUT2D eigenvalue weighted by atomic mass is 10.1. The summed E-state index contributed by atoms with van der Waals surface area (Å²) in [4.78, 5) is 10.2. The zero-order valence-electron chi connectivity index (χ0n) is 17.8. The lowest BCUT2D eigenvalue weighted by Crippen LogP contribution is -2.56. The summed E-state index contributed by atoms with van der Waals surface area (Å²) in [6.45, 7) is 8.11. The van der Waals surface area contributed by atoms with E-state index < -0.39 is 12.2 Å². The Morgan fingerprint density at radius 2 is 1.63 bits per heavy atom. The van der Waals surface area contributed by atoms with Gasteiger partial charge in [-0.05, 0) is 18.1 Å². The number of hydrogen-bond donors (Lipinski definition) is 1. The molecule has 0 amide bonds. The number of ether oxygens (including phenoxy) is 1. The predicted molar refractivity (Wildman–Crippen MR) is 111 cm³/mol. The highest BCUT2D eigenvalue weighted by Crippen LogP contribution is 2.25. The van der Waals surface area contributed by atoms with Crippen molar-refractivity contribution in [1.82, 2.24) is 20.0 Å². The highest BCUT2D eigenvalue weighted by molar-refractivity contribution is 5.80. The van der Waals surface area contributed by atoms with E-state index in [1.165, 1.54) is 17.4 Å². The number of morpholine rings is 1. The summed E-state index contributed by atoms with van der Waals surface area (Å²) in [6, 6.07) is 7.10. The summed E-state index contributed by atoms with van der Waals surface area (Å²) in [5, 5.41) is 3.34. The second-order valence-electron chi connectivity index (χ2n) is 7.85. The van der Waals surface area contributed by atoms with E-state index in [2.05, 4.69) is 39.5 Å². The van der Waals surface area contributed by atoms with Gasteiger partial charge in [-0.15, -0.1) is 0 Å². The zero-order valence-corrected chi connectivity index (χ0v) is 17.8. The largest absolute Gasteiger partial charge is 0.403 e.